The largest absolute Gasteiger partial charge is 0.503 e. The minimum Gasteiger partial charge on any atom is -0.450 e. The molecule has 96 valence electrons. The lowest BCUT2D eigenvalue weighted by Crippen LogP contribution is -2.17. The van der Waals surface area contributed by atoms with Gasteiger partial charge < -0.3 is 15.2 Å². The summed E-state index contributed by atoms with van der Waals surface area (Å²) < 4.78 is 0.572. The molecule has 0 aliphatic heterocycles. The van der Waals surface area contributed by atoms with E-state index in [9.17, 15) is 0 Å². The van der Waals surface area contributed by atoms with Gasteiger partial charge in [0, 0.05) is 11.4 Å². The van der Waals surface area contributed by atoms with E-state index in [0.717, 1.165) is 11.4 Å². The van der Waals surface area contributed by atoms with Crippen LogP contribution >= 0.6 is 12.2 Å². The highest BCUT2D eigenvalue weighted by atomic mass is 32.1. The van der Waals surface area contributed by atoms with Gasteiger partial charge in [-0.1, -0.05) is 20.8 Å². The summed E-state index contributed by atoms with van der Waals surface area (Å²) in [6, 6.07) is 0. The number of nitrogens with one attached hydrogen (secondary N) is 1. The number of hydrogen-bond donors (Lipinski definition) is 3. The SMILES string of the molecule is Cc1nc(=S)[nH]c(C)c1C(C)(C)C.O=C(O)O. The Balaban J connectivity index is 0.000000557. The molecule has 0 spiro atoms. The summed E-state index contributed by atoms with van der Waals surface area (Å²) in [4.78, 5) is 15.9. The fourth-order valence-electron chi connectivity index (χ4n) is 1.84. The normalized spacial score (nSPS) is 10.4. The topological polar surface area (TPSA) is 86.2 Å². The van der Waals surface area contributed by atoms with E-state index in [0.29, 0.717) is 4.77 Å². The standard InChI is InChI=1S/C10H16N2S.CH2O3/c1-6-8(10(3,4)5)7(2)12-9(13)11-6;2-1(3)4/h1-5H3,(H,11,12,13);(H2,2,3,4). The Labute approximate surface area is 106 Å². The first-order chi connectivity index (χ1) is 7.55. The van der Waals surface area contributed by atoms with Crippen molar-refractivity contribution in [3.8, 4) is 0 Å². The van der Waals surface area contributed by atoms with Crippen LogP contribution in [0.4, 0.5) is 4.79 Å². The van der Waals surface area contributed by atoms with E-state index in [1.165, 1.54) is 5.56 Å². The smallest absolute Gasteiger partial charge is 0.450 e. The molecule has 1 aromatic rings. The second-order valence-corrected chi connectivity index (χ2v) is 5.05. The van der Waals surface area contributed by atoms with Crippen LogP contribution in [0.2, 0.25) is 0 Å². The van der Waals surface area contributed by atoms with Gasteiger partial charge in [0.15, 0.2) is 4.77 Å². The zero-order chi connectivity index (χ0) is 13.8. The number of carbonyl (C=O) groups is 1. The molecule has 0 aliphatic carbocycles. The van der Waals surface area contributed by atoms with Crippen molar-refractivity contribution < 1.29 is 15.0 Å². The summed E-state index contributed by atoms with van der Waals surface area (Å²) >= 11 is 5.00. The predicted octanol–water partition coefficient (Wildman–Crippen LogP) is 3.28. The monoisotopic (exact) mass is 258 g/mol. The third-order valence-corrected chi connectivity index (χ3v) is 2.24. The molecule has 3 N–H and O–H groups in total. The third kappa shape index (κ3) is 5.44. The van der Waals surface area contributed by atoms with Gasteiger partial charge in [-0.25, -0.2) is 9.78 Å². The lowest BCUT2D eigenvalue weighted by Gasteiger charge is -2.22. The van der Waals surface area contributed by atoms with E-state index in [-0.39, 0.29) is 5.41 Å². The van der Waals surface area contributed by atoms with Gasteiger partial charge in [0.2, 0.25) is 0 Å². The highest BCUT2D eigenvalue weighted by Crippen LogP contribution is 2.26. The average molecular weight is 258 g/mol. The first-order valence-electron chi connectivity index (χ1n) is 5.05. The van der Waals surface area contributed by atoms with Gasteiger partial charge in [-0.05, 0) is 37.0 Å². The van der Waals surface area contributed by atoms with Crippen LogP contribution in [0.3, 0.4) is 0 Å². The molecule has 1 rings (SSSR count). The summed E-state index contributed by atoms with van der Waals surface area (Å²) in [7, 11) is 0. The fraction of sp³-hybridized carbons (Fsp3) is 0.545. The van der Waals surface area contributed by atoms with Gasteiger partial charge in [0.25, 0.3) is 0 Å². The van der Waals surface area contributed by atoms with Crippen LogP contribution in [-0.2, 0) is 5.41 Å². The van der Waals surface area contributed by atoms with E-state index in [4.69, 9.17) is 27.2 Å². The third-order valence-electron chi connectivity index (χ3n) is 2.05. The van der Waals surface area contributed by atoms with Crippen molar-refractivity contribution in [1.29, 1.82) is 0 Å². The Morgan fingerprint density at radius 3 is 2.00 bits per heavy atom. The molecular formula is C11H18N2O3S. The molecule has 0 saturated carbocycles. The predicted molar refractivity (Wildman–Crippen MR) is 68.2 cm³/mol. The van der Waals surface area contributed by atoms with Crippen molar-refractivity contribution in [2.24, 2.45) is 0 Å². The molecule has 0 unspecified atom stereocenters. The van der Waals surface area contributed by atoms with E-state index in [1.807, 2.05) is 13.8 Å². The number of H-pyrrole nitrogens is 1. The van der Waals surface area contributed by atoms with Crippen LogP contribution in [0.15, 0.2) is 0 Å². The molecule has 0 bridgehead atoms. The first kappa shape index (κ1) is 15.6. The number of aromatic nitrogens is 2. The number of nitrogens with zero attached hydrogens (tertiary/aromatic N) is 1. The van der Waals surface area contributed by atoms with Crippen LogP contribution in [0.1, 0.15) is 37.7 Å². The highest BCUT2D eigenvalue weighted by Gasteiger charge is 2.19. The quantitative estimate of drug-likeness (QED) is 0.622. The molecule has 0 atom stereocenters. The van der Waals surface area contributed by atoms with Crippen LogP contribution < -0.4 is 0 Å². The Morgan fingerprint density at radius 2 is 1.71 bits per heavy atom. The number of hydrogen-bond acceptors (Lipinski definition) is 3. The Morgan fingerprint density at radius 1 is 1.29 bits per heavy atom. The number of aromatic amines is 1. The van der Waals surface area contributed by atoms with E-state index in [1.54, 1.807) is 0 Å². The average Bonchev–Trinajstić information content (AvgIpc) is 1.95. The molecule has 0 amide bonds. The van der Waals surface area contributed by atoms with Crippen molar-refractivity contribution in [3.05, 3.63) is 21.7 Å². The Kier molecular flexibility index (Phi) is 5.28. The van der Waals surface area contributed by atoms with Crippen molar-refractivity contribution in [2.75, 3.05) is 0 Å². The molecular weight excluding hydrogens is 240 g/mol. The maximum absolute atomic E-state index is 8.56. The molecule has 0 saturated heterocycles. The van der Waals surface area contributed by atoms with Gasteiger partial charge in [0.1, 0.15) is 0 Å². The molecule has 1 aromatic heterocycles. The van der Waals surface area contributed by atoms with Crippen molar-refractivity contribution >= 4 is 18.4 Å². The van der Waals surface area contributed by atoms with Crippen LogP contribution in [-0.4, -0.2) is 26.3 Å². The number of carboxylic acid groups (broad SMARTS) is 2. The summed E-state index contributed by atoms with van der Waals surface area (Å²) in [6.45, 7) is 10.6. The van der Waals surface area contributed by atoms with Crippen LogP contribution in [0.5, 0.6) is 0 Å². The second-order valence-electron chi connectivity index (χ2n) is 4.66. The Bertz CT molecular complexity index is 431. The summed E-state index contributed by atoms with van der Waals surface area (Å²) in [5.41, 5.74) is 3.56. The van der Waals surface area contributed by atoms with Crippen molar-refractivity contribution in [1.82, 2.24) is 9.97 Å². The van der Waals surface area contributed by atoms with Crippen molar-refractivity contribution in [3.63, 3.8) is 0 Å². The summed E-state index contributed by atoms with van der Waals surface area (Å²) in [5.74, 6) is 0. The molecule has 0 radical (unpaired) electrons. The van der Waals surface area contributed by atoms with E-state index < -0.39 is 6.16 Å². The van der Waals surface area contributed by atoms with Crippen molar-refractivity contribution in [2.45, 2.75) is 40.0 Å². The minimum absolute atomic E-state index is 0.126. The second kappa shape index (κ2) is 5.77. The van der Waals surface area contributed by atoms with E-state index >= 15 is 0 Å². The maximum Gasteiger partial charge on any atom is 0.503 e. The molecule has 0 aliphatic rings. The lowest BCUT2D eigenvalue weighted by atomic mass is 9.85. The van der Waals surface area contributed by atoms with Gasteiger partial charge in [-0.2, -0.15) is 0 Å². The van der Waals surface area contributed by atoms with Crippen LogP contribution in [0.25, 0.3) is 0 Å². The molecule has 17 heavy (non-hydrogen) atoms. The lowest BCUT2D eigenvalue weighted by molar-refractivity contribution is 0.137. The maximum atomic E-state index is 8.56. The summed E-state index contributed by atoms with van der Waals surface area (Å²) in [6.07, 6.45) is -1.83. The zero-order valence-electron chi connectivity index (χ0n) is 10.7. The highest BCUT2D eigenvalue weighted by molar-refractivity contribution is 7.71. The molecule has 0 aromatic carbocycles. The molecule has 0 fully saturated rings. The van der Waals surface area contributed by atoms with Gasteiger partial charge in [0.05, 0.1) is 0 Å². The molecule has 1 heterocycles. The zero-order valence-corrected chi connectivity index (χ0v) is 11.5. The summed E-state index contributed by atoms with van der Waals surface area (Å²) in [5, 5.41) is 13.9. The van der Waals surface area contributed by atoms with Gasteiger partial charge in [-0.15, -0.1) is 0 Å². The van der Waals surface area contributed by atoms with E-state index in [2.05, 4.69) is 30.7 Å². The molecule has 5 nitrogen and oxygen atoms in total. The van der Waals surface area contributed by atoms with Crippen LogP contribution in [0, 0.1) is 18.6 Å². The Hall–Kier alpha value is -1.43. The van der Waals surface area contributed by atoms with Gasteiger partial charge in [-0.3, -0.25) is 0 Å². The van der Waals surface area contributed by atoms with Gasteiger partial charge >= 0.3 is 6.16 Å². The minimum atomic E-state index is -1.83. The number of aryl methyl sites for hydroxylation is 2. The molecule has 6 heteroatoms. The number of rotatable bonds is 0. The first-order valence-corrected chi connectivity index (χ1v) is 5.46. The fourth-order valence-corrected chi connectivity index (χ4v) is 2.13.